The second-order valence-electron chi connectivity index (χ2n) is 4.45. The van der Waals surface area contributed by atoms with Gasteiger partial charge in [0.05, 0.1) is 6.54 Å². The summed E-state index contributed by atoms with van der Waals surface area (Å²) >= 11 is 0. The van der Waals surface area contributed by atoms with Gasteiger partial charge in [0.15, 0.2) is 16.3 Å². The molecular weight excluding hydrogens is 325 g/mol. The van der Waals surface area contributed by atoms with Crippen molar-refractivity contribution in [1.82, 2.24) is 4.73 Å². The third-order valence-electron chi connectivity index (χ3n) is 2.46. The van der Waals surface area contributed by atoms with E-state index >= 15 is 0 Å². The zero-order valence-corrected chi connectivity index (χ0v) is 13.4. The number of alkyl halides is 3. The molecule has 0 saturated carbocycles. The molecule has 0 aliphatic carbocycles. The van der Waals surface area contributed by atoms with E-state index in [2.05, 4.69) is 24.6 Å². The van der Waals surface area contributed by atoms with Crippen LogP contribution in [0.25, 0.3) is 0 Å². The van der Waals surface area contributed by atoms with Crippen molar-refractivity contribution >= 4 is 10.1 Å². The maximum absolute atomic E-state index is 10.7. The van der Waals surface area contributed by atoms with Crippen LogP contribution in [0.2, 0.25) is 0 Å². The molecule has 0 amide bonds. The summed E-state index contributed by atoms with van der Waals surface area (Å²) in [5, 5.41) is 0. The Morgan fingerprint density at radius 3 is 2.23 bits per heavy atom. The molecule has 0 saturated heterocycles. The lowest BCUT2D eigenvalue weighted by Gasteiger charge is -2.08. The fourth-order valence-electron chi connectivity index (χ4n) is 1.24. The lowest BCUT2D eigenvalue weighted by atomic mass is 10.3. The number of halogens is 3. The molecule has 0 spiro atoms. The zero-order valence-electron chi connectivity index (χ0n) is 12.5. The first kappa shape index (κ1) is 20.7. The molecule has 0 radical (unpaired) electrons. The van der Waals surface area contributed by atoms with Gasteiger partial charge in [0.2, 0.25) is 0 Å². The number of hydrogen-bond donors (Lipinski definition) is 0. The molecule has 10 heteroatoms. The highest BCUT2D eigenvalue weighted by Crippen LogP contribution is 2.20. The van der Waals surface area contributed by atoms with Gasteiger partial charge in [0.25, 0.3) is 6.33 Å². The van der Waals surface area contributed by atoms with Crippen LogP contribution in [-0.2, 0) is 16.7 Å². The van der Waals surface area contributed by atoms with Gasteiger partial charge in [-0.25, -0.2) is 13.0 Å². The summed E-state index contributed by atoms with van der Waals surface area (Å²) < 4.78 is 62.9. The van der Waals surface area contributed by atoms with Gasteiger partial charge in [-0.3, -0.25) is 0 Å². The van der Waals surface area contributed by atoms with E-state index in [0.717, 1.165) is 19.6 Å². The molecule has 1 aromatic rings. The number of hydrogen-bond acceptors (Lipinski definition) is 4. The van der Waals surface area contributed by atoms with E-state index < -0.39 is 15.6 Å². The molecule has 0 atom stereocenters. The quantitative estimate of drug-likeness (QED) is 0.327. The Kier molecular flexibility index (Phi) is 9.10. The molecule has 0 aliphatic rings. The molecule has 0 aliphatic heterocycles. The normalized spacial score (nSPS) is 11.7. The molecule has 0 aromatic carbocycles. The van der Waals surface area contributed by atoms with Crippen molar-refractivity contribution in [3.63, 3.8) is 0 Å². The number of imidazole rings is 1. The van der Waals surface area contributed by atoms with E-state index in [4.69, 9.17) is 17.8 Å². The van der Waals surface area contributed by atoms with Gasteiger partial charge in [0, 0.05) is 0 Å². The van der Waals surface area contributed by atoms with Gasteiger partial charge >= 0.3 is 5.51 Å². The largest absolute Gasteiger partial charge is 0.741 e. The Bertz CT molecular complexity index is 515. The minimum Gasteiger partial charge on any atom is -0.741 e. The van der Waals surface area contributed by atoms with Crippen molar-refractivity contribution in [3.05, 3.63) is 18.7 Å². The predicted octanol–water partition coefficient (Wildman–Crippen LogP) is 1.86. The van der Waals surface area contributed by atoms with Crippen LogP contribution in [0.3, 0.4) is 0 Å². The summed E-state index contributed by atoms with van der Waals surface area (Å²) in [6.07, 6.45) is 10.8. The van der Waals surface area contributed by atoms with Crippen molar-refractivity contribution in [2.24, 2.45) is 0 Å². The Morgan fingerprint density at radius 2 is 1.77 bits per heavy atom. The fourth-order valence-corrected chi connectivity index (χ4v) is 1.24. The van der Waals surface area contributed by atoms with Gasteiger partial charge < -0.3 is 9.39 Å². The summed E-state index contributed by atoms with van der Waals surface area (Å²) in [6, 6.07) is 0. The predicted molar refractivity (Wildman–Crippen MR) is 71.6 cm³/mol. The molecule has 0 fully saturated rings. The monoisotopic (exact) mass is 346 g/mol. The number of rotatable bonds is 7. The topological polar surface area (TPSA) is 75.2 Å². The first-order valence-electron chi connectivity index (χ1n) is 6.84. The maximum Gasteiger partial charge on any atom is 0.485 e. The Morgan fingerprint density at radius 1 is 1.23 bits per heavy atom. The molecule has 0 unspecified atom stereocenters. The number of aromatic nitrogens is 2. The van der Waals surface area contributed by atoms with Crippen LogP contribution in [0.15, 0.2) is 18.7 Å². The molecule has 6 nitrogen and oxygen atoms in total. The molecule has 0 bridgehead atoms. The van der Waals surface area contributed by atoms with E-state index in [0.29, 0.717) is 0 Å². The van der Waals surface area contributed by atoms with E-state index in [1.807, 2.05) is 12.5 Å². The number of nitrogens with zero attached hydrogens (tertiary/aromatic N) is 2. The van der Waals surface area contributed by atoms with Crippen molar-refractivity contribution in [2.45, 2.75) is 51.6 Å². The third kappa shape index (κ3) is 8.88. The highest BCUT2D eigenvalue weighted by Gasteiger charge is 2.36. The van der Waals surface area contributed by atoms with E-state index in [9.17, 15) is 13.2 Å². The average Bonchev–Trinajstić information content (AvgIpc) is 2.83. The van der Waals surface area contributed by atoms with E-state index in [1.165, 1.54) is 19.3 Å². The lowest BCUT2D eigenvalue weighted by Crippen LogP contribution is -2.31. The van der Waals surface area contributed by atoms with Crippen LogP contribution in [0.5, 0.6) is 0 Å². The second kappa shape index (κ2) is 9.67. The third-order valence-corrected chi connectivity index (χ3v) is 3.03. The molecule has 1 aromatic heterocycles. The lowest BCUT2D eigenvalue weighted by molar-refractivity contribution is -0.697. The van der Waals surface area contributed by atoms with Gasteiger partial charge in [-0.1, -0.05) is 31.4 Å². The Hall–Kier alpha value is -1.29. The SMILES string of the molecule is CCCCOn1cc[n+](CCCC)c1.O=S(=O)([O-])C(F)(F)F. The number of aryl methyl sites for hydroxylation is 1. The maximum atomic E-state index is 10.7. The zero-order chi connectivity index (χ0) is 17.2. The van der Waals surface area contributed by atoms with Crippen LogP contribution in [0.1, 0.15) is 39.5 Å². The summed E-state index contributed by atoms with van der Waals surface area (Å²) in [5.74, 6) is 0. The van der Waals surface area contributed by atoms with Crippen molar-refractivity contribution in [2.75, 3.05) is 6.61 Å². The fraction of sp³-hybridized carbons (Fsp3) is 0.750. The van der Waals surface area contributed by atoms with Gasteiger partial charge in [-0.15, -0.1) is 0 Å². The molecule has 1 rings (SSSR count). The van der Waals surface area contributed by atoms with Gasteiger partial charge in [-0.2, -0.15) is 13.2 Å². The van der Waals surface area contributed by atoms with Crippen molar-refractivity contribution in [1.29, 1.82) is 0 Å². The molecule has 22 heavy (non-hydrogen) atoms. The molecule has 130 valence electrons. The van der Waals surface area contributed by atoms with Crippen LogP contribution in [0, 0.1) is 0 Å². The Labute approximate surface area is 128 Å². The van der Waals surface area contributed by atoms with Gasteiger partial charge in [-0.05, 0) is 12.8 Å². The Balaban J connectivity index is 0.000000472. The minimum absolute atomic E-state index is 0.805. The molecule has 0 N–H and O–H groups in total. The minimum atomic E-state index is -6.09. The van der Waals surface area contributed by atoms with Crippen LogP contribution in [0.4, 0.5) is 13.2 Å². The summed E-state index contributed by atoms with van der Waals surface area (Å²) in [4.78, 5) is 5.50. The first-order chi connectivity index (χ1) is 10.1. The van der Waals surface area contributed by atoms with Crippen molar-refractivity contribution in [3.8, 4) is 0 Å². The van der Waals surface area contributed by atoms with Gasteiger partial charge in [0.1, 0.15) is 12.8 Å². The summed E-state index contributed by atoms with van der Waals surface area (Å²) in [7, 11) is -6.09. The average molecular weight is 346 g/mol. The second-order valence-corrected chi connectivity index (χ2v) is 5.82. The van der Waals surface area contributed by atoms with Crippen LogP contribution >= 0.6 is 0 Å². The van der Waals surface area contributed by atoms with E-state index in [-0.39, 0.29) is 0 Å². The summed E-state index contributed by atoms with van der Waals surface area (Å²) in [6.45, 7) is 6.26. The van der Waals surface area contributed by atoms with Crippen LogP contribution in [-0.4, -0.2) is 29.8 Å². The van der Waals surface area contributed by atoms with E-state index in [1.54, 1.807) is 4.73 Å². The smallest absolute Gasteiger partial charge is 0.485 e. The first-order valence-corrected chi connectivity index (χ1v) is 8.25. The highest BCUT2D eigenvalue weighted by molar-refractivity contribution is 7.86. The molecule has 1 heterocycles. The highest BCUT2D eigenvalue weighted by atomic mass is 32.2. The van der Waals surface area contributed by atoms with Crippen molar-refractivity contribution < 1.29 is 35.5 Å². The summed E-state index contributed by atoms with van der Waals surface area (Å²) in [5.41, 5.74) is -5.65. The number of unbranched alkanes of at least 4 members (excludes halogenated alkanes) is 2. The molecular formula is C12H21F3N2O4S. The standard InChI is InChI=1S/C11H21N2O.CHF3O3S/c1-3-5-7-12-8-9-13(11-12)14-10-6-4-2;2-1(3,4)8(5,6)7/h8-9,11H,3-7,10H2,1-2H3;(H,5,6,7)/q+1;/p-1. The van der Waals surface area contributed by atoms with Crippen LogP contribution < -0.4 is 9.40 Å².